The van der Waals surface area contributed by atoms with Crippen LogP contribution in [-0.4, -0.2) is 33.8 Å². The molecule has 0 aliphatic carbocycles. The van der Waals surface area contributed by atoms with Crippen LogP contribution in [0.15, 0.2) is 85.3 Å². The molecule has 6 nitrogen and oxygen atoms in total. The fraction of sp³-hybridized carbons (Fsp3) is 0.185. The SMILES string of the molecule is C=C(O)C(C)(C)COc1ccc(-c2ccc(-c3nc(OC)c(-c4ccccc4)[nH]3)cn2)cc1. The normalized spacial score (nSPS) is 11.2. The first-order valence-electron chi connectivity index (χ1n) is 10.6. The first kappa shape index (κ1) is 22.1. The first-order valence-corrected chi connectivity index (χ1v) is 10.6. The van der Waals surface area contributed by atoms with Crippen molar-refractivity contribution in [3.05, 3.63) is 85.3 Å². The van der Waals surface area contributed by atoms with Crippen molar-refractivity contribution < 1.29 is 14.6 Å². The number of rotatable bonds is 8. The molecule has 0 saturated carbocycles. The van der Waals surface area contributed by atoms with Crippen LogP contribution in [0, 0.1) is 5.41 Å². The number of H-pyrrole nitrogens is 1. The van der Waals surface area contributed by atoms with Gasteiger partial charge in [-0.15, -0.1) is 0 Å². The van der Waals surface area contributed by atoms with Crippen LogP contribution in [0.4, 0.5) is 0 Å². The van der Waals surface area contributed by atoms with Crippen LogP contribution in [0.2, 0.25) is 0 Å². The minimum Gasteiger partial charge on any atom is -0.512 e. The summed E-state index contributed by atoms with van der Waals surface area (Å²) in [5.41, 5.74) is 4.02. The predicted octanol–water partition coefficient (Wildman–Crippen LogP) is 6.29. The van der Waals surface area contributed by atoms with Crippen molar-refractivity contribution in [3.63, 3.8) is 0 Å². The summed E-state index contributed by atoms with van der Waals surface area (Å²) in [6.07, 6.45) is 1.79. The number of methoxy groups -OCH3 is 1. The molecule has 6 heteroatoms. The highest BCUT2D eigenvalue weighted by molar-refractivity contribution is 5.70. The molecular formula is C27H27N3O3. The number of aliphatic hydroxyl groups excluding tert-OH is 1. The fourth-order valence-corrected chi connectivity index (χ4v) is 3.22. The van der Waals surface area contributed by atoms with Crippen LogP contribution in [0.25, 0.3) is 33.9 Å². The Kier molecular flexibility index (Phi) is 6.18. The summed E-state index contributed by atoms with van der Waals surface area (Å²) >= 11 is 0. The van der Waals surface area contributed by atoms with E-state index in [1.54, 1.807) is 13.3 Å². The molecule has 0 aliphatic rings. The highest BCUT2D eigenvalue weighted by Gasteiger charge is 2.22. The van der Waals surface area contributed by atoms with Crippen molar-refractivity contribution in [3.8, 4) is 45.5 Å². The van der Waals surface area contributed by atoms with Crippen LogP contribution in [-0.2, 0) is 0 Å². The van der Waals surface area contributed by atoms with E-state index in [-0.39, 0.29) is 5.76 Å². The third kappa shape index (κ3) is 4.90. The maximum absolute atomic E-state index is 9.65. The number of aliphatic hydroxyl groups is 1. The molecule has 0 saturated heterocycles. The number of hydrogen-bond donors (Lipinski definition) is 2. The number of benzene rings is 2. The van der Waals surface area contributed by atoms with E-state index in [1.165, 1.54) is 0 Å². The quantitative estimate of drug-likeness (QED) is 0.314. The molecule has 0 fully saturated rings. The number of ether oxygens (including phenoxy) is 2. The molecule has 33 heavy (non-hydrogen) atoms. The van der Waals surface area contributed by atoms with E-state index in [9.17, 15) is 5.11 Å². The average molecular weight is 442 g/mol. The van der Waals surface area contributed by atoms with Gasteiger partial charge in [-0.05, 0) is 50.2 Å². The van der Waals surface area contributed by atoms with E-state index in [1.807, 2.05) is 80.6 Å². The van der Waals surface area contributed by atoms with Gasteiger partial charge in [-0.25, -0.2) is 0 Å². The van der Waals surface area contributed by atoms with E-state index in [0.717, 1.165) is 33.8 Å². The van der Waals surface area contributed by atoms with Crippen molar-refractivity contribution in [1.82, 2.24) is 15.0 Å². The van der Waals surface area contributed by atoms with Gasteiger partial charge in [-0.3, -0.25) is 4.98 Å². The van der Waals surface area contributed by atoms with Gasteiger partial charge in [0.25, 0.3) is 0 Å². The third-order valence-corrected chi connectivity index (χ3v) is 5.49. The monoisotopic (exact) mass is 441 g/mol. The van der Waals surface area contributed by atoms with Gasteiger partial charge in [0.15, 0.2) is 0 Å². The molecule has 0 bridgehead atoms. The zero-order chi connectivity index (χ0) is 23.4. The van der Waals surface area contributed by atoms with E-state index in [4.69, 9.17) is 9.47 Å². The molecule has 0 amide bonds. The molecule has 2 heterocycles. The first-order chi connectivity index (χ1) is 15.9. The second-order valence-electron chi connectivity index (χ2n) is 8.41. The van der Waals surface area contributed by atoms with E-state index < -0.39 is 5.41 Å². The summed E-state index contributed by atoms with van der Waals surface area (Å²) in [6, 6.07) is 21.6. The van der Waals surface area contributed by atoms with Crippen LogP contribution in [0.5, 0.6) is 11.6 Å². The third-order valence-electron chi connectivity index (χ3n) is 5.49. The number of nitrogens with zero attached hydrogens (tertiary/aromatic N) is 2. The second-order valence-corrected chi connectivity index (χ2v) is 8.41. The van der Waals surface area contributed by atoms with Crippen LogP contribution in [0.1, 0.15) is 13.8 Å². The van der Waals surface area contributed by atoms with Gasteiger partial charge in [0.2, 0.25) is 5.88 Å². The minimum atomic E-state index is -0.509. The number of nitrogens with one attached hydrogen (secondary N) is 1. The van der Waals surface area contributed by atoms with E-state index in [2.05, 4.69) is 21.5 Å². The van der Waals surface area contributed by atoms with Crippen molar-refractivity contribution >= 4 is 0 Å². The van der Waals surface area contributed by atoms with Crippen LogP contribution < -0.4 is 9.47 Å². The Labute approximate surface area is 193 Å². The number of hydrogen-bond acceptors (Lipinski definition) is 5. The molecule has 4 aromatic rings. The smallest absolute Gasteiger partial charge is 0.240 e. The summed E-state index contributed by atoms with van der Waals surface area (Å²) in [5, 5.41) is 9.65. The lowest BCUT2D eigenvalue weighted by Crippen LogP contribution is -2.23. The highest BCUT2D eigenvalue weighted by atomic mass is 16.5. The zero-order valence-corrected chi connectivity index (χ0v) is 19.0. The van der Waals surface area contributed by atoms with Crippen molar-refractivity contribution in [2.45, 2.75) is 13.8 Å². The molecule has 0 atom stereocenters. The molecule has 0 spiro atoms. The highest BCUT2D eigenvalue weighted by Crippen LogP contribution is 2.31. The lowest BCUT2D eigenvalue weighted by Gasteiger charge is -2.23. The van der Waals surface area contributed by atoms with Gasteiger partial charge in [0.05, 0.1) is 24.0 Å². The zero-order valence-electron chi connectivity index (χ0n) is 19.0. The predicted molar refractivity (Wildman–Crippen MR) is 130 cm³/mol. The summed E-state index contributed by atoms with van der Waals surface area (Å²) in [5.74, 6) is 2.07. The topological polar surface area (TPSA) is 80.3 Å². The summed E-state index contributed by atoms with van der Waals surface area (Å²) in [7, 11) is 1.61. The maximum Gasteiger partial charge on any atom is 0.240 e. The lowest BCUT2D eigenvalue weighted by molar-refractivity contribution is 0.159. The molecule has 0 aliphatic heterocycles. The Hall–Kier alpha value is -4.06. The van der Waals surface area contributed by atoms with Crippen molar-refractivity contribution in [2.24, 2.45) is 5.41 Å². The standard InChI is InChI=1S/C27H27N3O3/c1-18(31)27(2,3)17-33-22-13-10-19(11-14-22)23-15-12-21(16-28-23)25-29-24(26(30-25)32-4)20-8-6-5-7-9-20/h5-16,31H,1,17H2,2-4H3,(H,29,30). The minimum absolute atomic E-state index is 0.105. The molecule has 2 aromatic carbocycles. The molecular weight excluding hydrogens is 414 g/mol. The number of aromatic amines is 1. The van der Waals surface area contributed by atoms with Gasteiger partial charge in [0, 0.05) is 22.9 Å². The Morgan fingerprint density at radius 3 is 2.27 bits per heavy atom. The van der Waals surface area contributed by atoms with E-state index in [0.29, 0.717) is 18.3 Å². The molecule has 2 aromatic heterocycles. The van der Waals surface area contributed by atoms with Gasteiger partial charge in [-0.2, -0.15) is 4.98 Å². The second kappa shape index (κ2) is 9.20. The Balaban J connectivity index is 1.50. The Bertz CT molecular complexity index is 1230. The summed E-state index contributed by atoms with van der Waals surface area (Å²) < 4.78 is 11.3. The van der Waals surface area contributed by atoms with E-state index >= 15 is 0 Å². The van der Waals surface area contributed by atoms with Crippen LogP contribution >= 0.6 is 0 Å². The van der Waals surface area contributed by atoms with Gasteiger partial charge < -0.3 is 19.6 Å². The molecule has 4 rings (SSSR count). The molecule has 168 valence electrons. The van der Waals surface area contributed by atoms with Gasteiger partial charge in [0.1, 0.15) is 23.9 Å². The summed E-state index contributed by atoms with van der Waals surface area (Å²) in [6.45, 7) is 7.70. The Morgan fingerprint density at radius 2 is 1.67 bits per heavy atom. The largest absolute Gasteiger partial charge is 0.512 e. The Morgan fingerprint density at radius 1 is 0.970 bits per heavy atom. The maximum atomic E-state index is 9.65. The summed E-state index contributed by atoms with van der Waals surface area (Å²) in [4.78, 5) is 12.5. The molecule has 2 N–H and O–H groups in total. The fourth-order valence-electron chi connectivity index (χ4n) is 3.22. The average Bonchev–Trinajstić information content (AvgIpc) is 3.28. The number of imidazole rings is 1. The number of aromatic nitrogens is 3. The van der Waals surface area contributed by atoms with Crippen LogP contribution in [0.3, 0.4) is 0 Å². The van der Waals surface area contributed by atoms with Gasteiger partial charge in [-0.1, -0.05) is 36.9 Å². The van der Waals surface area contributed by atoms with Gasteiger partial charge >= 0.3 is 0 Å². The lowest BCUT2D eigenvalue weighted by atomic mass is 9.93. The molecule has 0 radical (unpaired) electrons. The number of pyridine rings is 1. The molecule has 0 unspecified atom stereocenters. The van der Waals surface area contributed by atoms with Crippen molar-refractivity contribution in [1.29, 1.82) is 0 Å². The van der Waals surface area contributed by atoms with Crippen molar-refractivity contribution in [2.75, 3.05) is 13.7 Å².